The third kappa shape index (κ3) is 4.98. The second kappa shape index (κ2) is 8.54. The number of hydrazone groups is 1. The summed E-state index contributed by atoms with van der Waals surface area (Å²) < 4.78 is 30.2. The first-order valence-electron chi connectivity index (χ1n) is 8.02. The number of carbonyl (C=O) groups is 1. The normalized spacial score (nSPS) is 12.4. The number of amides is 1. The lowest BCUT2D eigenvalue weighted by Crippen LogP contribution is -2.34. The van der Waals surface area contributed by atoms with Crippen LogP contribution in [-0.4, -0.2) is 29.8 Å². The molecule has 1 heterocycles. The lowest BCUT2D eigenvalue weighted by molar-refractivity contribution is -0.121. The van der Waals surface area contributed by atoms with E-state index in [1.165, 1.54) is 23.6 Å². The van der Waals surface area contributed by atoms with Crippen molar-refractivity contribution in [3.63, 3.8) is 0 Å². The number of hydrogen-bond donors (Lipinski definition) is 2. The zero-order valence-electron chi connectivity index (χ0n) is 14.2. The summed E-state index contributed by atoms with van der Waals surface area (Å²) in [6, 6.07) is 13.2. The van der Waals surface area contributed by atoms with E-state index in [0.29, 0.717) is 10.7 Å². The number of nitrogens with one attached hydrogen (secondary N) is 2. The maximum Gasteiger partial charge on any atom is 0.387 e. The SMILES string of the molecule is C[C@H](Nc1nc2ccccc2s1)C(=O)N/N=C\c1ccccc1OC(F)F. The summed E-state index contributed by atoms with van der Waals surface area (Å²) in [5, 5.41) is 7.45. The van der Waals surface area contributed by atoms with Gasteiger partial charge in [-0.15, -0.1) is 0 Å². The zero-order chi connectivity index (χ0) is 19.2. The Bertz CT molecular complexity index is 928. The van der Waals surface area contributed by atoms with E-state index in [1.54, 1.807) is 25.1 Å². The largest absolute Gasteiger partial charge is 0.434 e. The van der Waals surface area contributed by atoms with Gasteiger partial charge in [0.25, 0.3) is 5.91 Å². The fourth-order valence-corrected chi connectivity index (χ4v) is 3.19. The number of nitrogens with zero attached hydrogens (tertiary/aromatic N) is 2. The van der Waals surface area contributed by atoms with E-state index >= 15 is 0 Å². The summed E-state index contributed by atoms with van der Waals surface area (Å²) in [5.41, 5.74) is 3.54. The number of thiazole rings is 1. The van der Waals surface area contributed by atoms with Gasteiger partial charge < -0.3 is 10.1 Å². The number of carbonyl (C=O) groups excluding carboxylic acids is 1. The smallest absolute Gasteiger partial charge is 0.387 e. The predicted molar refractivity (Wildman–Crippen MR) is 102 cm³/mol. The number of fused-ring (bicyclic) bond motifs is 1. The van der Waals surface area contributed by atoms with Gasteiger partial charge in [0, 0.05) is 5.56 Å². The van der Waals surface area contributed by atoms with Crippen molar-refractivity contribution >= 4 is 38.8 Å². The van der Waals surface area contributed by atoms with Crippen LogP contribution >= 0.6 is 11.3 Å². The Morgan fingerprint density at radius 3 is 2.74 bits per heavy atom. The average Bonchev–Trinajstić information content (AvgIpc) is 3.04. The molecule has 3 rings (SSSR count). The number of ether oxygens (including phenoxy) is 1. The van der Waals surface area contributed by atoms with Gasteiger partial charge >= 0.3 is 6.61 Å². The molecule has 140 valence electrons. The molecule has 1 aromatic heterocycles. The Morgan fingerprint density at radius 1 is 1.22 bits per heavy atom. The molecule has 0 spiro atoms. The van der Waals surface area contributed by atoms with Gasteiger partial charge in [-0.3, -0.25) is 4.79 Å². The number of rotatable bonds is 7. The highest BCUT2D eigenvalue weighted by molar-refractivity contribution is 7.22. The highest BCUT2D eigenvalue weighted by Gasteiger charge is 2.14. The van der Waals surface area contributed by atoms with Crippen molar-refractivity contribution in [3.05, 3.63) is 54.1 Å². The molecule has 9 heteroatoms. The van der Waals surface area contributed by atoms with Crippen molar-refractivity contribution in [2.24, 2.45) is 5.10 Å². The van der Waals surface area contributed by atoms with Gasteiger partial charge in [-0.2, -0.15) is 13.9 Å². The van der Waals surface area contributed by atoms with Gasteiger partial charge in [0.1, 0.15) is 11.8 Å². The summed E-state index contributed by atoms with van der Waals surface area (Å²) >= 11 is 1.44. The van der Waals surface area contributed by atoms with Crippen LogP contribution in [0.3, 0.4) is 0 Å². The number of aromatic nitrogens is 1. The number of hydrogen-bond acceptors (Lipinski definition) is 6. The molecule has 3 aromatic rings. The van der Waals surface area contributed by atoms with Crippen LogP contribution < -0.4 is 15.5 Å². The molecule has 0 aliphatic carbocycles. The predicted octanol–water partition coefficient (Wildman–Crippen LogP) is 3.85. The summed E-state index contributed by atoms with van der Waals surface area (Å²) in [7, 11) is 0. The van der Waals surface area contributed by atoms with Gasteiger partial charge in [-0.05, 0) is 31.2 Å². The molecule has 0 saturated carbocycles. The summed E-state index contributed by atoms with van der Waals surface area (Å²) in [4.78, 5) is 16.6. The molecule has 0 bridgehead atoms. The van der Waals surface area contributed by atoms with Crippen LogP contribution in [0.25, 0.3) is 10.2 Å². The highest BCUT2D eigenvalue weighted by Crippen LogP contribution is 2.25. The Balaban J connectivity index is 1.59. The monoisotopic (exact) mass is 390 g/mol. The fraction of sp³-hybridized carbons (Fsp3) is 0.167. The molecule has 2 aromatic carbocycles. The van der Waals surface area contributed by atoms with E-state index in [0.717, 1.165) is 10.2 Å². The van der Waals surface area contributed by atoms with Crippen LogP contribution in [0, 0.1) is 0 Å². The summed E-state index contributed by atoms with van der Waals surface area (Å²) in [6.45, 7) is -1.27. The van der Waals surface area contributed by atoms with Crippen molar-refractivity contribution in [1.29, 1.82) is 0 Å². The Hall–Kier alpha value is -3.07. The minimum absolute atomic E-state index is 0.0221. The summed E-state index contributed by atoms with van der Waals surface area (Å²) in [5.74, 6) is -0.413. The lowest BCUT2D eigenvalue weighted by Gasteiger charge is -2.10. The van der Waals surface area contributed by atoms with E-state index in [9.17, 15) is 13.6 Å². The third-order valence-corrected chi connectivity index (χ3v) is 4.51. The minimum Gasteiger partial charge on any atom is -0.434 e. The van der Waals surface area contributed by atoms with Crippen LogP contribution in [0.1, 0.15) is 12.5 Å². The fourth-order valence-electron chi connectivity index (χ4n) is 2.24. The number of halogens is 2. The van der Waals surface area contributed by atoms with Gasteiger partial charge in [0.15, 0.2) is 5.13 Å². The van der Waals surface area contributed by atoms with Crippen LogP contribution in [0.4, 0.5) is 13.9 Å². The molecule has 1 atom stereocenters. The number of para-hydroxylation sites is 2. The standard InChI is InChI=1S/C18H16F2N4O2S/c1-11(22-18-23-13-7-3-5-9-15(13)27-18)16(25)24-21-10-12-6-2-4-8-14(12)26-17(19)20/h2-11,17H,1H3,(H,22,23)(H,24,25)/b21-10-/t11-/m0/s1. The van der Waals surface area contributed by atoms with Crippen molar-refractivity contribution in [1.82, 2.24) is 10.4 Å². The quantitative estimate of drug-likeness (QED) is 0.475. The Labute approximate surface area is 157 Å². The topological polar surface area (TPSA) is 75.6 Å². The first-order valence-corrected chi connectivity index (χ1v) is 8.83. The van der Waals surface area contributed by atoms with E-state index in [2.05, 4.69) is 25.6 Å². The van der Waals surface area contributed by atoms with Crippen molar-refractivity contribution in [2.45, 2.75) is 19.6 Å². The maximum atomic E-state index is 12.4. The van der Waals surface area contributed by atoms with Crippen LogP contribution in [0.15, 0.2) is 53.6 Å². The molecular formula is C18H16F2N4O2S. The Morgan fingerprint density at radius 2 is 1.96 bits per heavy atom. The molecule has 2 N–H and O–H groups in total. The molecule has 0 unspecified atom stereocenters. The number of benzene rings is 2. The molecular weight excluding hydrogens is 374 g/mol. The third-order valence-electron chi connectivity index (χ3n) is 3.54. The van der Waals surface area contributed by atoms with Crippen LogP contribution in [0.2, 0.25) is 0 Å². The molecule has 0 radical (unpaired) electrons. The molecule has 27 heavy (non-hydrogen) atoms. The van der Waals surface area contributed by atoms with Gasteiger partial charge in [-0.25, -0.2) is 10.4 Å². The van der Waals surface area contributed by atoms with Crippen LogP contribution in [-0.2, 0) is 4.79 Å². The highest BCUT2D eigenvalue weighted by atomic mass is 32.1. The second-order valence-electron chi connectivity index (χ2n) is 5.50. The second-order valence-corrected chi connectivity index (χ2v) is 6.53. The van der Waals surface area contributed by atoms with Crippen LogP contribution in [0.5, 0.6) is 5.75 Å². The van der Waals surface area contributed by atoms with E-state index < -0.39 is 18.6 Å². The molecule has 1 amide bonds. The number of anilines is 1. The molecule has 0 aliphatic heterocycles. The minimum atomic E-state index is -2.94. The van der Waals surface area contributed by atoms with Gasteiger partial charge in [0.2, 0.25) is 0 Å². The van der Waals surface area contributed by atoms with Gasteiger partial charge in [0.05, 0.1) is 16.4 Å². The number of alkyl halides is 2. The van der Waals surface area contributed by atoms with Crippen molar-refractivity contribution in [3.8, 4) is 5.75 Å². The Kier molecular flexibility index (Phi) is 5.92. The molecule has 6 nitrogen and oxygen atoms in total. The van der Waals surface area contributed by atoms with E-state index in [1.807, 2.05) is 24.3 Å². The maximum absolute atomic E-state index is 12.4. The van der Waals surface area contributed by atoms with E-state index in [-0.39, 0.29) is 5.75 Å². The molecule has 0 fully saturated rings. The molecule has 0 saturated heterocycles. The first kappa shape index (κ1) is 18.7. The lowest BCUT2D eigenvalue weighted by atomic mass is 10.2. The van der Waals surface area contributed by atoms with Crippen molar-refractivity contribution in [2.75, 3.05) is 5.32 Å². The zero-order valence-corrected chi connectivity index (χ0v) is 15.0. The first-order chi connectivity index (χ1) is 13.0. The molecule has 0 aliphatic rings. The van der Waals surface area contributed by atoms with Crippen molar-refractivity contribution < 1.29 is 18.3 Å². The van der Waals surface area contributed by atoms with E-state index in [4.69, 9.17) is 0 Å². The average molecular weight is 390 g/mol. The van der Waals surface area contributed by atoms with Gasteiger partial charge in [-0.1, -0.05) is 35.6 Å². The summed E-state index contributed by atoms with van der Waals surface area (Å²) in [6.07, 6.45) is 1.25.